The molecule has 0 spiro atoms. The summed E-state index contributed by atoms with van der Waals surface area (Å²) in [7, 11) is 1.58. The second kappa shape index (κ2) is 7.68. The number of aliphatic imine (C=N–C) groups is 1. The molecule has 0 bridgehead atoms. The van der Waals surface area contributed by atoms with Crippen molar-refractivity contribution in [3.8, 4) is 17.0 Å². The number of ether oxygens (including phenoxy) is 2. The molecule has 2 aliphatic rings. The van der Waals surface area contributed by atoms with E-state index in [-0.39, 0.29) is 18.3 Å². The van der Waals surface area contributed by atoms with Gasteiger partial charge in [0.05, 0.1) is 19.3 Å². The highest BCUT2D eigenvalue weighted by Gasteiger charge is 2.49. The van der Waals surface area contributed by atoms with Gasteiger partial charge in [0.15, 0.2) is 0 Å². The minimum atomic E-state index is -1.83. The van der Waals surface area contributed by atoms with Gasteiger partial charge in [-0.05, 0) is 42.0 Å². The van der Waals surface area contributed by atoms with Gasteiger partial charge in [0, 0.05) is 23.9 Å². The van der Waals surface area contributed by atoms with Gasteiger partial charge in [-0.1, -0.05) is 17.3 Å². The smallest absolute Gasteiger partial charge is 0.290 e. The first-order chi connectivity index (χ1) is 15.1. The van der Waals surface area contributed by atoms with Crippen LogP contribution < -0.4 is 10.1 Å². The first kappa shape index (κ1) is 19.5. The van der Waals surface area contributed by atoms with E-state index >= 15 is 0 Å². The fourth-order valence-corrected chi connectivity index (χ4v) is 4.17. The molecule has 3 aromatic rings. The van der Waals surface area contributed by atoms with Crippen LogP contribution in [0.3, 0.4) is 0 Å². The fourth-order valence-electron chi connectivity index (χ4n) is 4.17. The number of pyridine rings is 1. The van der Waals surface area contributed by atoms with Gasteiger partial charge < -0.3 is 29.5 Å². The van der Waals surface area contributed by atoms with Crippen molar-refractivity contribution in [3.05, 3.63) is 59.6 Å². The zero-order valence-electron chi connectivity index (χ0n) is 16.9. The lowest BCUT2D eigenvalue weighted by atomic mass is 9.98. The second-order valence-corrected chi connectivity index (χ2v) is 7.56. The molecule has 1 aromatic carbocycles. The minimum absolute atomic E-state index is 0.00697. The molecular formula is C22H22N4O5. The zero-order valence-corrected chi connectivity index (χ0v) is 16.9. The van der Waals surface area contributed by atoms with Crippen LogP contribution in [-0.4, -0.2) is 46.3 Å². The molecule has 0 fully saturated rings. The third-order valence-electron chi connectivity index (χ3n) is 5.79. The number of nitrogens with zero attached hydrogens (tertiary/aromatic N) is 3. The van der Waals surface area contributed by atoms with Gasteiger partial charge >= 0.3 is 0 Å². The van der Waals surface area contributed by atoms with Gasteiger partial charge in [0.1, 0.15) is 12.0 Å². The van der Waals surface area contributed by atoms with E-state index in [4.69, 9.17) is 14.0 Å². The van der Waals surface area contributed by atoms with E-state index in [2.05, 4.69) is 32.6 Å². The van der Waals surface area contributed by atoms with Crippen LogP contribution >= 0.6 is 0 Å². The zero-order chi connectivity index (χ0) is 21.4. The number of benzene rings is 1. The Balaban J connectivity index is 1.52. The molecule has 9 nitrogen and oxygen atoms in total. The Bertz CT molecular complexity index is 1130. The van der Waals surface area contributed by atoms with E-state index in [1.54, 1.807) is 13.3 Å². The van der Waals surface area contributed by atoms with Gasteiger partial charge in [0.25, 0.3) is 6.02 Å². The third kappa shape index (κ3) is 3.31. The fraction of sp³-hybridized carbons (Fsp3) is 0.318. The van der Waals surface area contributed by atoms with Gasteiger partial charge in [-0.3, -0.25) is 0 Å². The highest BCUT2D eigenvalue weighted by molar-refractivity contribution is 5.97. The summed E-state index contributed by atoms with van der Waals surface area (Å²) in [5.74, 6) is 0.520. The van der Waals surface area contributed by atoms with Crippen LogP contribution in [0.4, 0.5) is 5.69 Å². The Labute approximate surface area is 178 Å². The van der Waals surface area contributed by atoms with Crippen LogP contribution in [0.25, 0.3) is 11.1 Å². The van der Waals surface area contributed by atoms with Crippen molar-refractivity contribution in [2.45, 2.75) is 31.2 Å². The van der Waals surface area contributed by atoms with Crippen molar-refractivity contribution < 1.29 is 24.2 Å². The average molecular weight is 422 g/mol. The number of rotatable bonds is 5. The molecular weight excluding hydrogens is 400 g/mol. The number of hydrogen-bond acceptors (Lipinski definition) is 9. The lowest BCUT2D eigenvalue weighted by molar-refractivity contribution is -0.171. The number of anilines is 1. The number of amidine groups is 1. The van der Waals surface area contributed by atoms with Crippen LogP contribution in [-0.2, 0) is 23.2 Å². The third-order valence-corrected chi connectivity index (χ3v) is 5.79. The second-order valence-electron chi connectivity index (χ2n) is 7.56. The van der Waals surface area contributed by atoms with E-state index < -0.39 is 11.9 Å². The summed E-state index contributed by atoms with van der Waals surface area (Å²) in [6.07, 6.45) is 4.23. The molecule has 9 heteroatoms. The monoisotopic (exact) mass is 422 g/mol. The summed E-state index contributed by atoms with van der Waals surface area (Å²) >= 11 is 0. The van der Waals surface area contributed by atoms with Gasteiger partial charge in [0.2, 0.25) is 17.8 Å². The normalized spacial score (nSPS) is 19.8. The molecule has 1 aliphatic carbocycles. The van der Waals surface area contributed by atoms with Crippen molar-refractivity contribution in [2.24, 2.45) is 4.99 Å². The number of methoxy groups -OCH3 is 1. The predicted molar refractivity (Wildman–Crippen MR) is 112 cm³/mol. The predicted octanol–water partition coefficient (Wildman–Crippen LogP) is 2.24. The minimum Gasteiger partial charge on any atom is -0.481 e. The number of hydrogen-bond donors (Lipinski definition) is 3. The molecule has 31 heavy (non-hydrogen) atoms. The van der Waals surface area contributed by atoms with Crippen molar-refractivity contribution >= 4 is 11.7 Å². The van der Waals surface area contributed by atoms with E-state index in [0.29, 0.717) is 5.88 Å². The maximum Gasteiger partial charge on any atom is 0.290 e. The topological polar surface area (TPSA) is 122 Å². The lowest BCUT2D eigenvalue weighted by Gasteiger charge is -2.27. The van der Waals surface area contributed by atoms with Crippen molar-refractivity contribution in [2.75, 3.05) is 19.0 Å². The van der Waals surface area contributed by atoms with Crippen LogP contribution in [0.2, 0.25) is 0 Å². The summed E-state index contributed by atoms with van der Waals surface area (Å²) < 4.78 is 16.1. The number of fused-ring (bicyclic) bond motifs is 1. The Kier molecular flexibility index (Phi) is 4.84. The van der Waals surface area contributed by atoms with Gasteiger partial charge in [-0.2, -0.15) is 0 Å². The van der Waals surface area contributed by atoms with E-state index in [1.165, 1.54) is 23.5 Å². The Hall–Kier alpha value is -3.43. The summed E-state index contributed by atoms with van der Waals surface area (Å²) in [4.78, 5) is 8.59. The Morgan fingerprint density at radius 1 is 1.19 bits per heavy atom. The lowest BCUT2D eigenvalue weighted by Crippen LogP contribution is -2.43. The van der Waals surface area contributed by atoms with Crippen molar-refractivity contribution in [1.82, 2.24) is 10.1 Å². The van der Waals surface area contributed by atoms with E-state index in [1.807, 2.05) is 12.1 Å². The largest absolute Gasteiger partial charge is 0.481 e. The number of aliphatic hydroxyl groups is 2. The summed E-state index contributed by atoms with van der Waals surface area (Å²) in [5.41, 5.74) is 3.99. The SMILES string of the molecule is COc1cc(-c2ccc3c(c2NC2=NCC(c4ccon4)(C(O)O)O2)CCC3)ccn1. The van der Waals surface area contributed by atoms with Crippen LogP contribution in [0.15, 0.2) is 52.3 Å². The average Bonchev–Trinajstić information content (AvgIpc) is 3.54. The molecule has 160 valence electrons. The molecule has 3 N–H and O–H groups in total. The molecule has 5 rings (SSSR count). The summed E-state index contributed by atoms with van der Waals surface area (Å²) in [6.45, 7) is -0.00697. The molecule has 1 atom stereocenters. The van der Waals surface area contributed by atoms with Crippen LogP contribution in [0, 0.1) is 0 Å². The van der Waals surface area contributed by atoms with E-state index in [0.717, 1.165) is 36.1 Å². The molecule has 1 unspecified atom stereocenters. The Morgan fingerprint density at radius 3 is 2.87 bits per heavy atom. The van der Waals surface area contributed by atoms with Gasteiger partial charge in [-0.25, -0.2) is 9.98 Å². The Morgan fingerprint density at radius 2 is 2.10 bits per heavy atom. The molecule has 0 saturated carbocycles. The number of nitrogens with one attached hydrogen (secondary N) is 1. The maximum atomic E-state index is 10.0. The maximum absolute atomic E-state index is 10.0. The molecule has 0 amide bonds. The molecule has 0 radical (unpaired) electrons. The summed E-state index contributed by atoms with van der Waals surface area (Å²) in [5, 5.41) is 27.2. The highest BCUT2D eigenvalue weighted by atomic mass is 16.6. The molecule has 0 saturated heterocycles. The van der Waals surface area contributed by atoms with E-state index in [9.17, 15) is 10.2 Å². The molecule has 2 aromatic heterocycles. The van der Waals surface area contributed by atoms with Crippen molar-refractivity contribution in [3.63, 3.8) is 0 Å². The highest BCUT2D eigenvalue weighted by Crippen LogP contribution is 2.40. The van der Waals surface area contributed by atoms with Crippen LogP contribution in [0.1, 0.15) is 23.2 Å². The first-order valence-corrected chi connectivity index (χ1v) is 10.0. The first-order valence-electron chi connectivity index (χ1n) is 10.0. The quantitative estimate of drug-likeness (QED) is 0.535. The molecule has 1 aliphatic heterocycles. The standard InChI is InChI=1S/C22H22N4O5/c1-29-18-11-14(7-9-23-18)16-6-5-13-3-2-4-15(13)19(16)25-21-24-12-22(31-21,20(27)28)17-8-10-30-26-17/h5-11,20,27-28H,2-4,12H2,1H3,(H,24,25). The number of aliphatic hydroxyl groups excluding tert-OH is 1. The summed E-state index contributed by atoms with van der Waals surface area (Å²) in [6, 6.07) is 9.72. The van der Waals surface area contributed by atoms with Crippen molar-refractivity contribution in [1.29, 1.82) is 0 Å². The van der Waals surface area contributed by atoms with Crippen LogP contribution in [0.5, 0.6) is 5.88 Å². The number of aromatic nitrogens is 2. The van der Waals surface area contributed by atoms with Gasteiger partial charge in [-0.15, -0.1) is 0 Å². The number of aryl methyl sites for hydroxylation is 1. The molecule has 3 heterocycles.